The van der Waals surface area contributed by atoms with Gasteiger partial charge in [-0.1, -0.05) is 32.0 Å². The zero-order valence-corrected chi connectivity index (χ0v) is 14.6. The maximum atomic E-state index is 12.5. The molecule has 0 aliphatic heterocycles. The van der Waals surface area contributed by atoms with Gasteiger partial charge in [-0.3, -0.25) is 9.59 Å². The zero-order chi connectivity index (χ0) is 17.0. The van der Waals surface area contributed by atoms with Crippen LogP contribution in [0.3, 0.4) is 0 Å². The summed E-state index contributed by atoms with van der Waals surface area (Å²) < 4.78 is 0. The minimum Gasteiger partial charge on any atom is -0.348 e. The molecule has 2 amide bonds. The summed E-state index contributed by atoms with van der Waals surface area (Å²) in [6.07, 6.45) is 4.80. The number of hydrogen-bond donors (Lipinski definition) is 2. The maximum Gasteiger partial charge on any atom is 0.243 e. The van der Waals surface area contributed by atoms with Crippen LogP contribution in [0.5, 0.6) is 0 Å². The third kappa shape index (κ3) is 4.57. The van der Waals surface area contributed by atoms with Crippen LogP contribution in [0.15, 0.2) is 18.2 Å². The van der Waals surface area contributed by atoms with Crippen molar-refractivity contribution in [2.75, 3.05) is 0 Å². The molecular weight excluding hydrogens is 288 g/mol. The first kappa shape index (κ1) is 17.5. The average molecular weight is 316 g/mol. The normalized spacial score (nSPS) is 16.4. The Balaban J connectivity index is 2.06. The molecule has 2 atom stereocenters. The number of aryl methyl sites for hydroxylation is 2. The van der Waals surface area contributed by atoms with Gasteiger partial charge in [-0.15, -0.1) is 0 Å². The summed E-state index contributed by atoms with van der Waals surface area (Å²) in [5.41, 5.74) is 3.98. The summed E-state index contributed by atoms with van der Waals surface area (Å²) in [4.78, 5) is 23.8. The molecule has 0 aromatic heterocycles. The largest absolute Gasteiger partial charge is 0.348 e. The molecule has 0 radical (unpaired) electrons. The quantitative estimate of drug-likeness (QED) is 0.877. The fourth-order valence-electron chi connectivity index (χ4n) is 3.16. The lowest BCUT2D eigenvalue weighted by Crippen LogP contribution is -2.49. The number of carbonyl (C=O) groups is 2. The van der Waals surface area contributed by atoms with E-state index in [1.165, 1.54) is 30.9 Å². The molecule has 0 saturated carbocycles. The van der Waals surface area contributed by atoms with Crippen LogP contribution < -0.4 is 10.6 Å². The highest BCUT2D eigenvalue weighted by atomic mass is 16.2. The van der Waals surface area contributed by atoms with Gasteiger partial charge < -0.3 is 10.6 Å². The van der Waals surface area contributed by atoms with Crippen molar-refractivity contribution < 1.29 is 9.59 Å². The van der Waals surface area contributed by atoms with Crippen molar-refractivity contribution in [1.29, 1.82) is 0 Å². The van der Waals surface area contributed by atoms with Gasteiger partial charge in [0.2, 0.25) is 11.8 Å². The molecule has 2 N–H and O–H groups in total. The van der Waals surface area contributed by atoms with Crippen molar-refractivity contribution in [1.82, 2.24) is 10.6 Å². The number of rotatable bonds is 5. The van der Waals surface area contributed by atoms with Gasteiger partial charge in [-0.2, -0.15) is 0 Å². The summed E-state index contributed by atoms with van der Waals surface area (Å²) in [5.74, 6) is -0.254. The van der Waals surface area contributed by atoms with E-state index < -0.39 is 6.04 Å². The van der Waals surface area contributed by atoms with Crippen LogP contribution in [0.2, 0.25) is 0 Å². The minimum atomic E-state index is -0.493. The van der Waals surface area contributed by atoms with Crippen molar-refractivity contribution >= 4 is 11.8 Å². The van der Waals surface area contributed by atoms with Crippen molar-refractivity contribution in [3.63, 3.8) is 0 Å². The minimum absolute atomic E-state index is 0.0506. The number of hydrogen-bond acceptors (Lipinski definition) is 2. The van der Waals surface area contributed by atoms with Gasteiger partial charge in [0.25, 0.3) is 0 Å². The molecule has 4 nitrogen and oxygen atoms in total. The van der Waals surface area contributed by atoms with Crippen LogP contribution in [-0.2, 0) is 22.4 Å². The molecule has 0 saturated heterocycles. The summed E-state index contributed by atoms with van der Waals surface area (Å²) in [7, 11) is 0. The number of nitrogens with one attached hydrogen (secondary N) is 2. The molecule has 1 aliphatic carbocycles. The molecule has 0 fully saturated rings. The average Bonchev–Trinajstić information content (AvgIpc) is 2.51. The molecular formula is C19H28N2O2. The molecule has 0 heterocycles. The van der Waals surface area contributed by atoms with E-state index in [1.54, 1.807) is 0 Å². The molecule has 4 heteroatoms. The molecule has 126 valence electrons. The van der Waals surface area contributed by atoms with Gasteiger partial charge in [0.1, 0.15) is 6.04 Å². The molecule has 23 heavy (non-hydrogen) atoms. The standard InChI is InChI=1S/C19H28N2O2/c1-12(2)18(21-14(4)22)19(23)20-13(3)16-10-9-15-7-5-6-8-17(15)11-16/h9-13,18H,5-8H2,1-4H3,(H,20,23)(H,21,22). The van der Waals surface area contributed by atoms with E-state index in [1.807, 2.05) is 20.8 Å². The second-order valence-electron chi connectivity index (χ2n) is 6.89. The summed E-state index contributed by atoms with van der Waals surface area (Å²) in [6.45, 7) is 7.30. The SMILES string of the molecule is CC(=O)NC(C(=O)NC(C)c1ccc2c(c1)CCCC2)C(C)C. The molecule has 1 aromatic carbocycles. The van der Waals surface area contributed by atoms with E-state index in [0.717, 1.165) is 18.4 Å². The van der Waals surface area contributed by atoms with Crippen LogP contribution in [-0.4, -0.2) is 17.9 Å². The van der Waals surface area contributed by atoms with E-state index in [2.05, 4.69) is 28.8 Å². The van der Waals surface area contributed by atoms with E-state index >= 15 is 0 Å². The molecule has 1 aliphatic rings. The molecule has 0 spiro atoms. The topological polar surface area (TPSA) is 58.2 Å². The monoisotopic (exact) mass is 316 g/mol. The van der Waals surface area contributed by atoms with Crippen LogP contribution in [0, 0.1) is 5.92 Å². The second kappa shape index (κ2) is 7.62. The maximum absolute atomic E-state index is 12.5. The van der Waals surface area contributed by atoms with Crippen LogP contribution in [0.4, 0.5) is 0 Å². The predicted octanol–water partition coefficient (Wildman–Crippen LogP) is 2.90. The lowest BCUT2D eigenvalue weighted by molar-refractivity contribution is -0.129. The third-order valence-corrected chi connectivity index (χ3v) is 4.54. The Morgan fingerprint density at radius 3 is 2.26 bits per heavy atom. The lowest BCUT2D eigenvalue weighted by atomic mass is 9.89. The Bertz CT molecular complexity index is 581. The van der Waals surface area contributed by atoms with Crippen molar-refractivity contribution in [2.45, 2.75) is 65.5 Å². The number of fused-ring (bicyclic) bond motifs is 1. The Hall–Kier alpha value is -1.84. The first-order chi connectivity index (χ1) is 10.9. The molecule has 0 bridgehead atoms. The second-order valence-corrected chi connectivity index (χ2v) is 6.89. The van der Waals surface area contributed by atoms with Gasteiger partial charge in [-0.05, 0) is 55.2 Å². The summed E-state index contributed by atoms with van der Waals surface area (Å²) in [5, 5.41) is 5.77. The molecule has 1 aromatic rings. The zero-order valence-electron chi connectivity index (χ0n) is 14.6. The van der Waals surface area contributed by atoms with E-state index in [9.17, 15) is 9.59 Å². The van der Waals surface area contributed by atoms with Gasteiger partial charge in [0, 0.05) is 6.92 Å². The smallest absolute Gasteiger partial charge is 0.243 e. The van der Waals surface area contributed by atoms with Crippen molar-refractivity contribution in [3.8, 4) is 0 Å². The Labute approximate surface area is 139 Å². The van der Waals surface area contributed by atoms with Crippen LogP contribution in [0.25, 0.3) is 0 Å². The van der Waals surface area contributed by atoms with Gasteiger partial charge >= 0.3 is 0 Å². The van der Waals surface area contributed by atoms with E-state index in [4.69, 9.17) is 0 Å². The first-order valence-corrected chi connectivity index (χ1v) is 8.57. The van der Waals surface area contributed by atoms with Crippen LogP contribution in [0.1, 0.15) is 63.3 Å². The van der Waals surface area contributed by atoms with Crippen molar-refractivity contribution in [2.24, 2.45) is 5.92 Å². The van der Waals surface area contributed by atoms with Gasteiger partial charge in [0.05, 0.1) is 6.04 Å². The summed E-state index contributed by atoms with van der Waals surface area (Å²) >= 11 is 0. The number of benzene rings is 1. The van der Waals surface area contributed by atoms with Gasteiger partial charge in [0.15, 0.2) is 0 Å². The Kier molecular flexibility index (Phi) is 5.80. The number of carbonyl (C=O) groups excluding carboxylic acids is 2. The van der Waals surface area contributed by atoms with Crippen molar-refractivity contribution in [3.05, 3.63) is 34.9 Å². The Morgan fingerprint density at radius 1 is 1.00 bits per heavy atom. The summed E-state index contributed by atoms with van der Waals surface area (Å²) in [6, 6.07) is 5.97. The van der Waals surface area contributed by atoms with Crippen LogP contribution >= 0.6 is 0 Å². The highest BCUT2D eigenvalue weighted by molar-refractivity contribution is 5.87. The number of amides is 2. The highest BCUT2D eigenvalue weighted by Crippen LogP contribution is 2.24. The lowest BCUT2D eigenvalue weighted by Gasteiger charge is -2.24. The highest BCUT2D eigenvalue weighted by Gasteiger charge is 2.24. The predicted molar refractivity (Wildman–Crippen MR) is 92.1 cm³/mol. The fraction of sp³-hybridized carbons (Fsp3) is 0.579. The van der Waals surface area contributed by atoms with E-state index in [0.29, 0.717) is 0 Å². The fourth-order valence-corrected chi connectivity index (χ4v) is 3.16. The third-order valence-electron chi connectivity index (χ3n) is 4.54. The van der Waals surface area contributed by atoms with E-state index in [-0.39, 0.29) is 23.8 Å². The molecule has 2 rings (SSSR count). The Morgan fingerprint density at radius 2 is 1.65 bits per heavy atom. The molecule has 2 unspecified atom stereocenters. The first-order valence-electron chi connectivity index (χ1n) is 8.57. The van der Waals surface area contributed by atoms with Gasteiger partial charge in [-0.25, -0.2) is 0 Å².